The summed E-state index contributed by atoms with van der Waals surface area (Å²) in [6, 6.07) is 0. The van der Waals surface area contributed by atoms with Crippen LogP contribution in [0.1, 0.15) is 36.3 Å². The molecule has 1 aliphatic heterocycles. The van der Waals surface area contributed by atoms with E-state index in [0.717, 1.165) is 25.9 Å². The second-order valence-electron chi connectivity index (χ2n) is 4.04. The monoisotopic (exact) mass is 211 g/mol. The van der Waals surface area contributed by atoms with Gasteiger partial charge >= 0.3 is 5.97 Å². The van der Waals surface area contributed by atoms with Crippen LogP contribution in [0.3, 0.4) is 0 Å². The quantitative estimate of drug-likeness (QED) is 0.736. The SMILES string of the molecule is CC1(c2nc(C(=O)O)no2)CCNCC1. The lowest BCUT2D eigenvalue weighted by molar-refractivity contribution is 0.0680. The maximum atomic E-state index is 10.6. The van der Waals surface area contributed by atoms with Gasteiger partial charge in [0.2, 0.25) is 5.89 Å². The van der Waals surface area contributed by atoms with Gasteiger partial charge in [-0.05, 0) is 31.1 Å². The molecular formula is C9H13N3O3. The van der Waals surface area contributed by atoms with Crippen LogP contribution in [0.2, 0.25) is 0 Å². The Morgan fingerprint density at radius 2 is 2.20 bits per heavy atom. The van der Waals surface area contributed by atoms with Crippen LogP contribution < -0.4 is 5.32 Å². The van der Waals surface area contributed by atoms with Gasteiger partial charge in [0.1, 0.15) is 0 Å². The van der Waals surface area contributed by atoms with Crippen LogP contribution in [0.5, 0.6) is 0 Å². The molecule has 6 heteroatoms. The maximum absolute atomic E-state index is 10.6. The average molecular weight is 211 g/mol. The molecule has 2 heterocycles. The first-order chi connectivity index (χ1) is 7.12. The molecule has 1 aromatic rings. The van der Waals surface area contributed by atoms with Crippen LogP contribution in [-0.2, 0) is 5.41 Å². The van der Waals surface area contributed by atoms with Crippen molar-refractivity contribution in [3.05, 3.63) is 11.7 Å². The molecule has 0 radical (unpaired) electrons. The molecule has 6 nitrogen and oxygen atoms in total. The zero-order chi connectivity index (χ0) is 10.9. The summed E-state index contributed by atoms with van der Waals surface area (Å²) in [5.74, 6) is -0.978. The minimum Gasteiger partial charge on any atom is -0.475 e. The second kappa shape index (κ2) is 3.62. The van der Waals surface area contributed by atoms with Crippen LogP contribution in [0.15, 0.2) is 4.52 Å². The Balaban J connectivity index is 2.23. The van der Waals surface area contributed by atoms with Crippen LogP contribution in [0.25, 0.3) is 0 Å². The van der Waals surface area contributed by atoms with E-state index in [1.165, 1.54) is 0 Å². The van der Waals surface area contributed by atoms with E-state index in [1.54, 1.807) is 0 Å². The fraction of sp³-hybridized carbons (Fsp3) is 0.667. The number of carbonyl (C=O) groups is 1. The maximum Gasteiger partial charge on any atom is 0.377 e. The molecule has 15 heavy (non-hydrogen) atoms. The number of hydrogen-bond donors (Lipinski definition) is 2. The van der Waals surface area contributed by atoms with Gasteiger partial charge in [-0.15, -0.1) is 0 Å². The zero-order valence-corrected chi connectivity index (χ0v) is 8.49. The number of rotatable bonds is 2. The van der Waals surface area contributed by atoms with Crippen LogP contribution >= 0.6 is 0 Å². The predicted octanol–water partition coefficient (Wildman–Crippen LogP) is 0.409. The smallest absolute Gasteiger partial charge is 0.377 e. The van der Waals surface area contributed by atoms with Crippen LogP contribution in [0.4, 0.5) is 0 Å². The summed E-state index contributed by atoms with van der Waals surface area (Å²) in [6.45, 7) is 3.80. The van der Waals surface area contributed by atoms with E-state index in [4.69, 9.17) is 9.63 Å². The molecule has 0 spiro atoms. The first-order valence-electron chi connectivity index (χ1n) is 4.90. The molecule has 1 fully saturated rings. The van der Waals surface area contributed by atoms with Crippen molar-refractivity contribution in [2.24, 2.45) is 0 Å². The Hall–Kier alpha value is -1.43. The number of nitrogens with one attached hydrogen (secondary N) is 1. The minimum absolute atomic E-state index is 0.189. The number of piperidine rings is 1. The molecule has 82 valence electrons. The largest absolute Gasteiger partial charge is 0.475 e. The molecular weight excluding hydrogens is 198 g/mol. The Labute approximate surface area is 86.7 Å². The Morgan fingerprint density at radius 1 is 1.53 bits per heavy atom. The van der Waals surface area contributed by atoms with Gasteiger partial charge in [0.25, 0.3) is 5.82 Å². The van der Waals surface area contributed by atoms with Crippen molar-refractivity contribution < 1.29 is 14.4 Å². The second-order valence-corrected chi connectivity index (χ2v) is 4.04. The lowest BCUT2D eigenvalue weighted by atomic mass is 9.81. The first kappa shape index (κ1) is 10.1. The van der Waals surface area contributed by atoms with Gasteiger partial charge in [0.15, 0.2) is 0 Å². The van der Waals surface area contributed by atoms with E-state index in [2.05, 4.69) is 15.5 Å². The van der Waals surface area contributed by atoms with Crippen molar-refractivity contribution >= 4 is 5.97 Å². The van der Waals surface area contributed by atoms with Gasteiger partial charge in [-0.3, -0.25) is 0 Å². The predicted molar refractivity (Wildman–Crippen MR) is 50.7 cm³/mol. The third kappa shape index (κ3) is 1.85. The molecule has 0 unspecified atom stereocenters. The third-order valence-electron chi connectivity index (χ3n) is 2.84. The van der Waals surface area contributed by atoms with Gasteiger partial charge in [-0.25, -0.2) is 4.79 Å². The summed E-state index contributed by atoms with van der Waals surface area (Å²) >= 11 is 0. The molecule has 1 aliphatic rings. The van der Waals surface area contributed by atoms with Crippen molar-refractivity contribution in [3.63, 3.8) is 0 Å². The summed E-state index contributed by atoms with van der Waals surface area (Å²) in [5, 5.41) is 15.3. The van der Waals surface area contributed by atoms with E-state index in [0.29, 0.717) is 5.89 Å². The number of aromatic carboxylic acids is 1. The van der Waals surface area contributed by atoms with Gasteiger partial charge in [0, 0.05) is 5.41 Å². The van der Waals surface area contributed by atoms with Crippen molar-refractivity contribution in [3.8, 4) is 0 Å². The number of nitrogens with zero attached hydrogens (tertiary/aromatic N) is 2. The fourth-order valence-electron chi connectivity index (χ4n) is 1.75. The Kier molecular flexibility index (Phi) is 2.44. The molecule has 0 aliphatic carbocycles. The van der Waals surface area contributed by atoms with Gasteiger partial charge in [-0.2, -0.15) is 4.98 Å². The minimum atomic E-state index is -1.15. The highest BCUT2D eigenvalue weighted by Gasteiger charge is 2.35. The molecule has 1 saturated heterocycles. The average Bonchev–Trinajstić information content (AvgIpc) is 2.68. The van der Waals surface area contributed by atoms with E-state index in [-0.39, 0.29) is 11.2 Å². The Morgan fingerprint density at radius 3 is 2.73 bits per heavy atom. The molecule has 1 aromatic heterocycles. The van der Waals surface area contributed by atoms with Crippen molar-refractivity contribution in [1.29, 1.82) is 0 Å². The summed E-state index contributed by atoms with van der Waals surface area (Å²) in [4.78, 5) is 14.5. The van der Waals surface area contributed by atoms with Crippen LogP contribution in [-0.4, -0.2) is 34.3 Å². The van der Waals surface area contributed by atoms with E-state index >= 15 is 0 Å². The molecule has 0 amide bonds. The highest BCUT2D eigenvalue weighted by atomic mass is 16.5. The molecule has 0 atom stereocenters. The highest BCUT2D eigenvalue weighted by Crippen LogP contribution is 2.31. The molecule has 0 bridgehead atoms. The number of carboxylic acids is 1. The first-order valence-corrected chi connectivity index (χ1v) is 4.90. The summed E-state index contributed by atoms with van der Waals surface area (Å²) in [5.41, 5.74) is -0.189. The zero-order valence-electron chi connectivity index (χ0n) is 8.49. The number of aromatic nitrogens is 2. The topological polar surface area (TPSA) is 88.2 Å². The van der Waals surface area contributed by atoms with Gasteiger partial charge in [-0.1, -0.05) is 6.92 Å². The lowest BCUT2D eigenvalue weighted by Gasteiger charge is -2.30. The van der Waals surface area contributed by atoms with E-state index < -0.39 is 5.97 Å². The Bertz CT molecular complexity index is 368. The fourth-order valence-corrected chi connectivity index (χ4v) is 1.75. The molecule has 0 aromatic carbocycles. The third-order valence-corrected chi connectivity index (χ3v) is 2.84. The van der Waals surface area contributed by atoms with Crippen molar-refractivity contribution in [1.82, 2.24) is 15.5 Å². The highest BCUT2D eigenvalue weighted by molar-refractivity contribution is 5.82. The number of hydrogen-bond acceptors (Lipinski definition) is 5. The van der Waals surface area contributed by atoms with Crippen molar-refractivity contribution in [2.75, 3.05) is 13.1 Å². The molecule has 0 saturated carbocycles. The summed E-state index contributed by atoms with van der Waals surface area (Å²) in [6.07, 6.45) is 1.77. The van der Waals surface area contributed by atoms with E-state index in [1.807, 2.05) is 6.92 Å². The van der Waals surface area contributed by atoms with Crippen molar-refractivity contribution in [2.45, 2.75) is 25.2 Å². The van der Waals surface area contributed by atoms with Gasteiger partial charge in [0.05, 0.1) is 0 Å². The van der Waals surface area contributed by atoms with Gasteiger partial charge < -0.3 is 14.9 Å². The van der Waals surface area contributed by atoms with E-state index in [9.17, 15) is 4.79 Å². The summed E-state index contributed by atoms with van der Waals surface area (Å²) < 4.78 is 5.00. The standard InChI is InChI=1S/C9H13N3O3/c1-9(2-4-10-5-3-9)8-11-6(7(13)14)12-15-8/h10H,2-5H2,1H3,(H,13,14). The summed E-state index contributed by atoms with van der Waals surface area (Å²) in [7, 11) is 0. The normalized spacial score (nSPS) is 20.1. The molecule has 2 rings (SSSR count). The number of carboxylic acid groups (broad SMARTS) is 1. The lowest BCUT2D eigenvalue weighted by Crippen LogP contribution is -2.37. The molecule has 2 N–H and O–H groups in total. The van der Waals surface area contributed by atoms with Crippen LogP contribution in [0, 0.1) is 0 Å².